The van der Waals surface area contributed by atoms with Gasteiger partial charge in [-0.25, -0.2) is 4.79 Å². The number of benzene rings is 1. The standard InChI is InChI=1S/C15H16BrN3O2S/c1-15(2,9-3-5-10(16)6-4-9)19-14(21)18-11-7-12(13(17)20)22-8-11/h3-8H,1-2H3,(H2,17,20)(H2,18,19,21). The van der Waals surface area contributed by atoms with E-state index in [9.17, 15) is 9.59 Å². The van der Waals surface area contributed by atoms with Gasteiger partial charge in [-0.1, -0.05) is 28.1 Å². The molecule has 0 saturated carbocycles. The quantitative estimate of drug-likeness (QED) is 0.754. The summed E-state index contributed by atoms with van der Waals surface area (Å²) in [6.45, 7) is 3.83. The maximum atomic E-state index is 12.1. The predicted octanol–water partition coefficient (Wildman–Crippen LogP) is 3.67. The van der Waals surface area contributed by atoms with Crippen LogP contribution in [0, 0.1) is 0 Å². The molecule has 0 aliphatic heterocycles. The van der Waals surface area contributed by atoms with Gasteiger partial charge in [0.15, 0.2) is 0 Å². The topological polar surface area (TPSA) is 84.2 Å². The first-order chi connectivity index (χ1) is 10.3. The van der Waals surface area contributed by atoms with Gasteiger partial charge in [-0.3, -0.25) is 4.79 Å². The van der Waals surface area contributed by atoms with Crippen LogP contribution in [0.1, 0.15) is 29.1 Å². The van der Waals surface area contributed by atoms with E-state index in [2.05, 4.69) is 26.6 Å². The largest absolute Gasteiger partial charge is 0.365 e. The van der Waals surface area contributed by atoms with Crippen LogP contribution in [0.25, 0.3) is 0 Å². The number of carbonyl (C=O) groups is 2. The van der Waals surface area contributed by atoms with Crippen LogP contribution in [0.5, 0.6) is 0 Å². The Balaban J connectivity index is 2.03. The molecule has 2 aromatic rings. The first kappa shape index (κ1) is 16.5. The van der Waals surface area contributed by atoms with Crippen molar-refractivity contribution in [3.8, 4) is 0 Å². The van der Waals surface area contributed by atoms with Crippen LogP contribution in [-0.4, -0.2) is 11.9 Å². The van der Waals surface area contributed by atoms with Crippen molar-refractivity contribution in [2.24, 2.45) is 5.73 Å². The van der Waals surface area contributed by atoms with E-state index < -0.39 is 11.4 Å². The fraction of sp³-hybridized carbons (Fsp3) is 0.200. The minimum Gasteiger partial charge on any atom is -0.365 e. The third-order valence-corrected chi connectivity index (χ3v) is 4.57. The molecule has 2 rings (SSSR count). The molecular formula is C15H16BrN3O2S. The number of hydrogen-bond donors (Lipinski definition) is 3. The lowest BCUT2D eigenvalue weighted by Gasteiger charge is -2.27. The number of amides is 3. The fourth-order valence-corrected chi connectivity index (χ4v) is 2.87. The molecule has 5 nitrogen and oxygen atoms in total. The molecule has 0 spiro atoms. The van der Waals surface area contributed by atoms with Gasteiger partial charge < -0.3 is 16.4 Å². The Labute approximate surface area is 141 Å². The summed E-state index contributed by atoms with van der Waals surface area (Å²) in [5.74, 6) is -0.506. The summed E-state index contributed by atoms with van der Waals surface area (Å²) in [6, 6.07) is 8.95. The molecule has 22 heavy (non-hydrogen) atoms. The molecule has 116 valence electrons. The average molecular weight is 382 g/mol. The molecule has 0 fully saturated rings. The SMILES string of the molecule is CC(C)(NC(=O)Nc1csc(C(N)=O)c1)c1ccc(Br)cc1. The molecule has 0 atom stereocenters. The first-order valence-electron chi connectivity index (χ1n) is 6.51. The number of nitrogens with two attached hydrogens (primary N) is 1. The van der Waals surface area contributed by atoms with Crippen LogP contribution in [0.3, 0.4) is 0 Å². The molecule has 0 aliphatic carbocycles. The van der Waals surface area contributed by atoms with Crippen molar-refractivity contribution in [3.05, 3.63) is 50.6 Å². The molecule has 0 bridgehead atoms. The summed E-state index contributed by atoms with van der Waals surface area (Å²) in [5.41, 5.74) is 6.18. The van der Waals surface area contributed by atoms with Crippen molar-refractivity contribution in [2.45, 2.75) is 19.4 Å². The molecule has 1 aromatic heterocycles. The Morgan fingerprint density at radius 3 is 2.41 bits per heavy atom. The molecule has 1 aromatic carbocycles. The van der Waals surface area contributed by atoms with Gasteiger partial charge in [0.1, 0.15) is 0 Å². The number of primary amides is 1. The van der Waals surface area contributed by atoms with Crippen LogP contribution >= 0.6 is 27.3 Å². The van der Waals surface area contributed by atoms with Crippen molar-refractivity contribution < 1.29 is 9.59 Å². The second-order valence-electron chi connectivity index (χ2n) is 5.27. The molecule has 4 N–H and O–H groups in total. The van der Waals surface area contributed by atoms with Crippen molar-refractivity contribution in [1.29, 1.82) is 0 Å². The molecule has 1 heterocycles. The first-order valence-corrected chi connectivity index (χ1v) is 8.19. The Hall–Kier alpha value is -1.86. The van der Waals surface area contributed by atoms with Crippen LogP contribution in [0.2, 0.25) is 0 Å². The zero-order valence-corrected chi connectivity index (χ0v) is 14.5. The lowest BCUT2D eigenvalue weighted by atomic mass is 9.95. The van der Waals surface area contributed by atoms with Gasteiger partial charge in [0, 0.05) is 9.85 Å². The smallest absolute Gasteiger partial charge is 0.319 e. The highest BCUT2D eigenvalue weighted by Gasteiger charge is 2.23. The van der Waals surface area contributed by atoms with Gasteiger partial charge in [0.25, 0.3) is 5.91 Å². The molecular weight excluding hydrogens is 366 g/mol. The van der Waals surface area contributed by atoms with Crippen molar-refractivity contribution in [1.82, 2.24) is 5.32 Å². The normalized spacial score (nSPS) is 11.0. The summed E-state index contributed by atoms with van der Waals surface area (Å²) in [6.07, 6.45) is 0. The summed E-state index contributed by atoms with van der Waals surface area (Å²) in [5, 5.41) is 7.27. The van der Waals surface area contributed by atoms with Gasteiger partial charge in [0.2, 0.25) is 0 Å². The maximum Gasteiger partial charge on any atom is 0.319 e. The minimum atomic E-state index is -0.534. The van der Waals surface area contributed by atoms with E-state index in [0.29, 0.717) is 10.6 Å². The average Bonchev–Trinajstić information content (AvgIpc) is 2.87. The highest BCUT2D eigenvalue weighted by atomic mass is 79.9. The summed E-state index contributed by atoms with van der Waals surface area (Å²) >= 11 is 4.58. The van der Waals surface area contributed by atoms with Gasteiger partial charge >= 0.3 is 6.03 Å². The third-order valence-electron chi connectivity index (χ3n) is 3.09. The van der Waals surface area contributed by atoms with Crippen LogP contribution in [-0.2, 0) is 5.54 Å². The monoisotopic (exact) mass is 381 g/mol. The van der Waals surface area contributed by atoms with E-state index in [-0.39, 0.29) is 6.03 Å². The van der Waals surface area contributed by atoms with Crippen LogP contribution < -0.4 is 16.4 Å². The lowest BCUT2D eigenvalue weighted by Crippen LogP contribution is -2.43. The number of thiophene rings is 1. The third kappa shape index (κ3) is 4.08. The highest BCUT2D eigenvalue weighted by Crippen LogP contribution is 2.23. The molecule has 3 amide bonds. The molecule has 0 radical (unpaired) electrons. The minimum absolute atomic E-state index is 0.346. The second-order valence-corrected chi connectivity index (χ2v) is 7.10. The van der Waals surface area contributed by atoms with Crippen LogP contribution in [0.15, 0.2) is 40.2 Å². The lowest BCUT2D eigenvalue weighted by molar-refractivity contribution is 0.100. The van der Waals surface area contributed by atoms with Gasteiger partial charge in [0.05, 0.1) is 16.1 Å². The van der Waals surface area contributed by atoms with E-state index in [1.165, 1.54) is 11.3 Å². The Morgan fingerprint density at radius 2 is 1.86 bits per heavy atom. The number of hydrogen-bond acceptors (Lipinski definition) is 3. The number of nitrogens with one attached hydrogen (secondary N) is 2. The predicted molar refractivity (Wildman–Crippen MR) is 92.2 cm³/mol. The number of halogens is 1. The van der Waals surface area contributed by atoms with Crippen molar-refractivity contribution in [2.75, 3.05) is 5.32 Å². The van der Waals surface area contributed by atoms with Crippen molar-refractivity contribution in [3.63, 3.8) is 0 Å². The van der Waals surface area contributed by atoms with E-state index >= 15 is 0 Å². The van der Waals surface area contributed by atoms with E-state index in [1.807, 2.05) is 38.1 Å². The van der Waals surface area contributed by atoms with Gasteiger partial charge in [-0.2, -0.15) is 0 Å². The Bertz CT molecular complexity index is 695. The Morgan fingerprint density at radius 1 is 1.23 bits per heavy atom. The number of anilines is 1. The zero-order chi connectivity index (χ0) is 16.3. The van der Waals surface area contributed by atoms with E-state index in [0.717, 1.165) is 10.0 Å². The second kappa shape index (κ2) is 6.50. The maximum absolute atomic E-state index is 12.1. The molecule has 0 aliphatic rings. The number of carbonyl (C=O) groups excluding carboxylic acids is 2. The number of urea groups is 1. The summed E-state index contributed by atoms with van der Waals surface area (Å²) in [7, 11) is 0. The summed E-state index contributed by atoms with van der Waals surface area (Å²) in [4.78, 5) is 23.6. The highest BCUT2D eigenvalue weighted by molar-refractivity contribution is 9.10. The fourth-order valence-electron chi connectivity index (χ4n) is 1.92. The molecule has 0 unspecified atom stereocenters. The Kier molecular flexibility index (Phi) is 4.87. The zero-order valence-electron chi connectivity index (χ0n) is 12.1. The van der Waals surface area contributed by atoms with E-state index in [1.54, 1.807) is 11.4 Å². The van der Waals surface area contributed by atoms with Crippen LogP contribution in [0.4, 0.5) is 10.5 Å². The van der Waals surface area contributed by atoms with Gasteiger partial charge in [-0.15, -0.1) is 11.3 Å². The van der Waals surface area contributed by atoms with Crippen molar-refractivity contribution >= 4 is 44.9 Å². The summed E-state index contributed by atoms with van der Waals surface area (Å²) < 4.78 is 0.980. The molecule has 7 heteroatoms. The molecule has 0 saturated heterocycles. The van der Waals surface area contributed by atoms with E-state index in [4.69, 9.17) is 5.73 Å². The number of rotatable bonds is 4. The van der Waals surface area contributed by atoms with Gasteiger partial charge in [-0.05, 0) is 37.6 Å².